The molecule has 0 saturated carbocycles. The predicted octanol–water partition coefficient (Wildman–Crippen LogP) is 6.00. The van der Waals surface area contributed by atoms with E-state index in [1.807, 2.05) is 24.3 Å². The minimum Gasteiger partial charge on any atom is -0.368 e. The number of rotatable bonds is 5. The number of likely N-dealkylation sites (tertiary alicyclic amines) is 1. The quantitative estimate of drug-likeness (QED) is 0.285. The average Bonchev–Trinajstić information content (AvgIpc) is 3.31. The van der Waals surface area contributed by atoms with Crippen LogP contribution in [-0.2, 0) is 11.3 Å². The number of carbonyl (C=O) groups is 1. The van der Waals surface area contributed by atoms with E-state index in [1.54, 1.807) is 0 Å². The van der Waals surface area contributed by atoms with Gasteiger partial charge < -0.3 is 9.80 Å². The monoisotopic (exact) mass is 591 g/mol. The number of benzene rings is 3. The highest BCUT2D eigenvalue weighted by Crippen LogP contribution is 2.27. The van der Waals surface area contributed by atoms with E-state index < -0.39 is 0 Å². The number of hydrogen-bond acceptors (Lipinski definition) is 4. The van der Waals surface area contributed by atoms with Crippen LogP contribution in [0.5, 0.6) is 0 Å². The second-order valence-corrected chi connectivity index (χ2v) is 11.5. The number of imidazole rings is 1. The molecule has 0 radical (unpaired) electrons. The van der Waals surface area contributed by atoms with Gasteiger partial charge in [0.05, 0.1) is 23.5 Å². The Morgan fingerprint density at radius 2 is 1.71 bits per heavy atom. The van der Waals surface area contributed by atoms with E-state index in [-0.39, 0.29) is 5.92 Å². The first-order chi connectivity index (χ1) is 18.5. The van der Waals surface area contributed by atoms with Crippen LogP contribution >= 0.6 is 27.5 Å². The molecule has 38 heavy (non-hydrogen) atoms. The first kappa shape index (κ1) is 25.4. The van der Waals surface area contributed by atoms with Gasteiger partial charge in [-0.25, -0.2) is 4.98 Å². The minimum absolute atomic E-state index is 0.0366. The number of anilines is 1. The summed E-state index contributed by atoms with van der Waals surface area (Å²) >= 11 is 9.67. The van der Waals surface area contributed by atoms with Crippen LogP contribution in [-0.4, -0.2) is 64.5 Å². The van der Waals surface area contributed by atoms with Crippen molar-refractivity contribution in [2.75, 3.05) is 44.2 Å². The third-order valence-electron chi connectivity index (χ3n) is 7.70. The molecule has 2 aliphatic rings. The van der Waals surface area contributed by atoms with Crippen LogP contribution < -0.4 is 4.90 Å². The van der Waals surface area contributed by atoms with E-state index in [2.05, 4.69) is 83.7 Å². The van der Waals surface area contributed by atoms with Crippen molar-refractivity contribution in [3.05, 3.63) is 88.1 Å². The molecule has 2 aliphatic heterocycles. The lowest BCUT2D eigenvalue weighted by Gasteiger charge is -2.39. The van der Waals surface area contributed by atoms with Gasteiger partial charge in [-0.3, -0.25) is 14.3 Å². The topological polar surface area (TPSA) is 44.6 Å². The van der Waals surface area contributed by atoms with Gasteiger partial charge in [-0.2, -0.15) is 0 Å². The maximum atomic E-state index is 13.5. The number of carbonyl (C=O) groups excluding carboxylic acids is 1. The zero-order chi connectivity index (χ0) is 26.1. The van der Waals surface area contributed by atoms with Crippen LogP contribution in [0.3, 0.4) is 0 Å². The minimum atomic E-state index is 0.0366. The van der Waals surface area contributed by atoms with Gasteiger partial charge in [0, 0.05) is 53.6 Å². The van der Waals surface area contributed by atoms with Crippen molar-refractivity contribution in [3.8, 4) is 5.69 Å². The molecule has 1 amide bonds. The fourth-order valence-electron chi connectivity index (χ4n) is 5.78. The maximum absolute atomic E-state index is 13.5. The van der Waals surface area contributed by atoms with Gasteiger partial charge in [-0.15, -0.1) is 0 Å². The molecule has 1 aromatic heterocycles. The van der Waals surface area contributed by atoms with Crippen LogP contribution in [0.1, 0.15) is 18.7 Å². The molecule has 6 rings (SSSR count). The number of piperazine rings is 1. The Morgan fingerprint density at radius 1 is 0.921 bits per heavy atom. The van der Waals surface area contributed by atoms with E-state index in [0.717, 1.165) is 90.7 Å². The largest absolute Gasteiger partial charge is 0.368 e. The molecule has 4 aromatic rings. The van der Waals surface area contributed by atoms with E-state index in [9.17, 15) is 4.79 Å². The zero-order valence-electron chi connectivity index (χ0n) is 21.3. The maximum Gasteiger partial charge on any atom is 0.227 e. The summed E-state index contributed by atoms with van der Waals surface area (Å²) in [6.45, 7) is 5.69. The fraction of sp³-hybridized carbons (Fsp3) is 0.333. The third-order valence-corrected chi connectivity index (χ3v) is 8.44. The van der Waals surface area contributed by atoms with Crippen LogP contribution in [0.4, 0.5) is 5.69 Å². The molecule has 0 N–H and O–H groups in total. The summed E-state index contributed by atoms with van der Waals surface area (Å²) in [5, 5.41) is 0.747. The van der Waals surface area contributed by atoms with E-state index in [4.69, 9.17) is 16.6 Å². The summed E-state index contributed by atoms with van der Waals surface area (Å²) in [4.78, 5) is 25.4. The predicted molar refractivity (Wildman–Crippen MR) is 157 cm³/mol. The van der Waals surface area contributed by atoms with Gasteiger partial charge in [0.25, 0.3) is 0 Å². The molecule has 6 nitrogen and oxygen atoms in total. The molecule has 3 aromatic carbocycles. The molecule has 1 atom stereocenters. The standard InChI is InChI=1S/C30H31BrClN5O/c31-23-6-3-7-26(19-23)37-28-9-2-1-8-27(28)33-29(37)21-34-14-4-5-22(20-34)30(38)36-17-15-35(16-18-36)25-12-10-24(32)11-13-25/h1-3,6-13,19,22H,4-5,14-18,20-21H2/t22-/m1/s1. The first-order valence-corrected chi connectivity index (χ1v) is 14.5. The van der Waals surface area contributed by atoms with Crippen molar-refractivity contribution in [3.63, 3.8) is 0 Å². The van der Waals surface area contributed by atoms with Gasteiger partial charge in [0.2, 0.25) is 5.91 Å². The summed E-state index contributed by atoms with van der Waals surface area (Å²) in [5.74, 6) is 1.34. The molecular weight excluding hydrogens is 562 g/mol. The Kier molecular flexibility index (Phi) is 7.41. The number of amides is 1. The average molecular weight is 593 g/mol. The number of hydrogen-bond donors (Lipinski definition) is 0. The van der Waals surface area contributed by atoms with Gasteiger partial charge in [0.1, 0.15) is 5.82 Å². The Labute approximate surface area is 236 Å². The number of piperidine rings is 1. The second kappa shape index (κ2) is 11.1. The number of para-hydroxylation sites is 2. The first-order valence-electron chi connectivity index (χ1n) is 13.3. The van der Waals surface area contributed by atoms with E-state index in [0.29, 0.717) is 5.91 Å². The van der Waals surface area contributed by atoms with Crippen LogP contribution in [0.15, 0.2) is 77.3 Å². The highest BCUT2D eigenvalue weighted by Gasteiger charge is 2.31. The number of halogens is 2. The Balaban J connectivity index is 1.14. The third kappa shape index (κ3) is 5.33. The van der Waals surface area contributed by atoms with Gasteiger partial charge in [-0.1, -0.05) is 45.7 Å². The molecule has 196 valence electrons. The summed E-state index contributed by atoms with van der Waals surface area (Å²) < 4.78 is 3.29. The van der Waals surface area contributed by atoms with Crippen molar-refractivity contribution in [2.45, 2.75) is 19.4 Å². The number of fused-ring (bicyclic) bond motifs is 1. The van der Waals surface area contributed by atoms with Crippen molar-refractivity contribution >= 4 is 50.2 Å². The highest BCUT2D eigenvalue weighted by molar-refractivity contribution is 9.10. The smallest absolute Gasteiger partial charge is 0.227 e. The van der Waals surface area contributed by atoms with Crippen LogP contribution in [0.25, 0.3) is 16.7 Å². The molecule has 0 unspecified atom stereocenters. The summed E-state index contributed by atoms with van der Waals surface area (Å²) in [7, 11) is 0. The lowest BCUT2D eigenvalue weighted by Crippen LogP contribution is -2.52. The molecule has 2 fully saturated rings. The van der Waals surface area contributed by atoms with Crippen molar-refractivity contribution in [2.24, 2.45) is 5.92 Å². The van der Waals surface area contributed by atoms with E-state index >= 15 is 0 Å². The number of aromatic nitrogens is 2. The lowest BCUT2D eigenvalue weighted by atomic mass is 9.96. The van der Waals surface area contributed by atoms with Gasteiger partial charge in [-0.05, 0) is 74.0 Å². The summed E-state index contributed by atoms with van der Waals surface area (Å²) in [6.07, 6.45) is 1.98. The van der Waals surface area contributed by atoms with Crippen molar-refractivity contribution < 1.29 is 4.79 Å². The number of nitrogens with zero attached hydrogens (tertiary/aromatic N) is 5. The normalized spacial score (nSPS) is 18.7. The highest BCUT2D eigenvalue weighted by atomic mass is 79.9. The molecule has 2 saturated heterocycles. The molecule has 3 heterocycles. The van der Waals surface area contributed by atoms with Crippen LogP contribution in [0.2, 0.25) is 5.02 Å². The molecule has 8 heteroatoms. The molecule has 0 aliphatic carbocycles. The molecule has 0 bridgehead atoms. The summed E-state index contributed by atoms with van der Waals surface area (Å²) in [5.41, 5.74) is 4.35. The zero-order valence-corrected chi connectivity index (χ0v) is 23.6. The second-order valence-electron chi connectivity index (χ2n) is 10.2. The Morgan fingerprint density at radius 3 is 2.50 bits per heavy atom. The summed E-state index contributed by atoms with van der Waals surface area (Å²) in [6, 6.07) is 24.6. The van der Waals surface area contributed by atoms with Crippen LogP contribution in [0, 0.1) is 5.92 Å². The van der Waals surface area contributed by atoms with Gasteiger partial charge in [0.15, 0.2) is 0 Å². The Bertz CT molecular complexity index is 1430. The Hall–Kier alpha value is -2.87. The lowest BCUT2D eigenvalue weighted by molar-refractivity contribution is -0.137. The fourth-order valence-corrected chi connectivity index (χ4v) is 6.29. The van der Waals surface area contributed by atoms with Gasteiger partial charge >= 0.3 is 0 Å². The molecule has 0 spiro atoms. The van der Waals surface area contributed by atoms with E-state index in [1.165, 1.54) is 5.69 Å². The molecular formula is C30H31BrClN5O. The van der Waals surface area contributed by atoms with Crippen molar-refractivity contribution in [1.82, 2.24) is 19.4 Å². The SMILES string of the molecule is O=C([C@@H]1CCCN(Cc2nc3ccccc3n2-c2cccc(Br)c2)C1)N1CCN(c2ccc(Cl)cc2)CC1. The van der Waals surface area contributed by atoms with Crippen molar-refractivity contribution in [1.29, 1.82) is 0 Å².